The summed E-state index contributed by atoms with van der Waals surface area (Å²) in [6.45, 7) is 3.12. The van der Waals surface area contributed by atoms with E-state index in [2.05, 4.69) is 15.3 Å². The molecule has 0 radical (unpaired) electrons. The molecule has 1 aromatic carbocycles. The zero-order chi connectivity index (χ0) is 17.9. The van der Waals surface area contributed by atoms with Crippen LogP contribution < -0.4 is 10.1 Å². The molecule has 2 aromatic rings. The highest BCUT2D eigenvalue weighted by Gasteiger charge is 2.33. The van der Waals surface area contributed by atoms with Gasteiger partial charge < -0.3 is 14.8 Å². The summed E-state index contributed by atoms with van der Waals surface area (Å²) in [4.78, 5) is 15.1. The topological polar surface area (TPSA) is 68.6 Å². The quantitative estimate of drug-likeness (QED) is 0.855. The lowest BCUT2D eigenvalue weighted by Crippen LogP contribution is -2.48. The minimum atomic E-state index is -0.156. The Morgan fingerprint density at radius 3 is 3.00 bits per heavy atom. The van der Waals surface area contributed by atoms with Gasteiger partial charge in [0, 0.05) is 32.7 Å². The predicted molar refractivity (Wildman–Crippen MR) is 96.4 cm³/mol. The highest BCUT2D eigenvalue weighted by Crippen LogP contribution is 2.28. The van der Waals surface area contributed by atoms with Gasteiger partial charge in [-0.2, -0.15) is 5.10 Å². The summed E-state index contributed by atoms with van der Waals surface area (Å²) in [6.07, 6.45) is 6.00. The van der Waals surface area contributed by atoms with Gasteiger partial charge in [-0.1, -0.05) is 12.1 Å². The molecule has 1 aliphatic heterocycles. The maximum absolute atomic E-state index is 12.7. The molecule has 1 aliphatic carbocycles. The summed E-state index contributed by atoms with van der Waals surface area (Å²) in [7, 11) is 1.82. The molecule has 1 N–H and O–H groups in total. The van der Waals surface area contributed by atoms with Crippen LogP contribution in [-0.2, 0) is 11.8 Å². The number of benzene rings is 1. The first-order valence-corrected chi connectivity index (χ1v) is 9.08. The molecule has 4 rings (SSSR count). The van der Waals surface area contributed by atoms with Crippen LogP contribution >= 0.6 is 0 Å². The highest BCUT2D eigenvalue weighted by atomic mass is 16.5. The van der Waals surface area contributed by atoms with E-state index in [1.807, 2.05) is 19.2 Å². The van der Waals surface area contributed by atoms with E-state index in [4.69, 9.17) is 9.47 Å². The molecule has 138 valence electrons. The fourth-order valence-electron chi connectivity index (χ4n) is 3.26. The van der Waals surface area contributed by atoms with Crippen molar-refractivity contribution in [1.29, 1.82) is 0 Å². The standard InChI is InChI=1S/C19H24N4O3/c1-22-12-16(11-21-22)26-18-5-3-2-4-17(18)19(24)20-10-15-13-23(8-9-25-15)14-6-7-14/h2-5,11-12,14-15H,6-10,13H2,1H3,(H,20,24). The van der Waals surface area contributed by atoms with Crippen molar-refractivity contribution in [3.05, 3.63) is 42.2 Å². The van der Waals surface area contributed by atoms with E-state index in [1.165, 1.54) is 12.8 Å². The third-order valence-corrected chi connectivity index (χ3v) is 4.76. The first-order chi connectivity index (χ1) is 12.7. The number of amides is 1. The summed E-state index contributed by atoms with van der Waals surface area (Å²) in [5, 5.41) is 7.07. The molecule has 26 heavy (non-hydrogen) atoms. The summed E-state index contributed by atoms with van der Waals surface area (Å²) in [6, 6.07) is 7.95. The third-order valence-electron chi connectivity index (χ3n) is 4.76. The Morgan fingerprint density at radius 2 is 2.23 bits per heavy atom. The fourth-order valence-corrected chi connectivity index (χ4v) is 3.26. The van der Waals surface area contributed by atoms with E-state index in [9.17, 15) is 4.79 Å². The van der Waals surface area contributed by atoms with Gasteiger partial charge in [0.2, 0.25) is 0 Å². The molecule has 2 fully saturated rings. The van der Waals surface area contributed by atoms with E-state index in [0.717, 1.165) is 25.7 Å². The van der Waals surface area contributed by atoms with E-state index >= 15 is 0 Å². The van der Waals surface area contributed by atoms with E-state index in [1.54, 1.807) is 29.2 Å². The van der Waals surface area contributed by atoms with Crippen LogP contribution in [0.5, 0.6) is 11.5 Å². The van der Waals surface area contributed by atoms with Gasteiger partial charge in [0.25, 0.3) is 5.91 Å². The van der Waals surface area contributed by atoms with Gasteiger partial charge in [-0.3, -0.25) is 14.4 Å². The molecule has 1 saturated carbocycles. The molecule has 1 amide bonds. The van der Waals surface area contributed by atoms with Crippen LogP contribution in [0.2, 0.25) is 0 Å². The maximum Gasteiger partial charge on any atom is 0.255 e. The van der Waals surface area contributed by atoms with Crippen molar-refractivity contribution in [1.82, 2.24) is 20.0 Å². The number of hydrogen-bond donors (Lipinski definition) is 1. The van der Waals surface area contributed by atoms with E-state index < -0.39 is 0 Å². The Labute approximate surface area is 152 Å². The first kappa shape index (κ1) is 17.1. The average Bonchev–Trinajstić information content (AvgIpc) is 3.43. The van der Waals surface area contributed by atoms with Crippen molar-refractivity contribution < 1.29 is 14.3 Å². The molecule has 1 saturated heterocycles. The summed E-state index contributed by atoms with van der Waals surface area (Å²) in [5.74, 6) is 0.960. The number of para-hydroxylation sites is 1. The van der Waals surface area contributed by atoms with Crippen molar-refractivity contribution in [3.63, 3.8) is 0 Å². The summed E-state index contributed by atoms with van der Waals surface area (Å²) in [5.41, 5.74) is 0.506. The van der Waals surface area contributed by atoms with Crippen LogP contribution in [0.15, 0.2) is 36.7 Å². The number of morpholine rings is 1. The largest absolute Gasteiger partial charge is 0.453 e. The molecule has 2 heterocycles. The molecular formula is C19H24N4O3. The van der Waals surface area contributed by atoms with Crippen molar-refractivity contribution >= 4 is 5.91 Å². The highest BCUT2D eigenvalue weighted by molar-refractivity contribution is 5.97. The van der Waals surface area contributed by atoms with Gasteiger partial charge in [0.15, 0.2) is 5.75 Å². The van der Waals surface area contributed by atoms with Crippen LogP contribution in [0.1, 0.15) is 23.2 Å². The second kappa shape index (κ2) is 7.47. The predicted octanol–water partition coefficient (Wildman–Crippen LogP) is 1.81. The molecule has 0 bridgehead atoms. The summed E-state index contributed by atoms with van der Waals surface area (Å²) >= 11 is 0. The molecule has 7 heteroatoms. The normalized spacial score (nSPS) is 20.7. The molecular weight excluding hydrogens is 332 g/mol. The van der Waals surface area contributed by atoms with Crippen LogP contribution in [0.3, 0.4) is 0 Å². The number of carbonyl (C=O) groups excluding carboxylic acids is 1. The number of carbonyl (C=O) groups is 1. The Morgan fingerprint density at radius 1 is 1.38 bits per heavy atom. The second-order valence-corrected chi connectivity index (χ2v) is 6.88. The van der Waals surface area contributed by atoms with Gasteiger partial charge in [0.1, 0.15) is 5.75 Å². The number of aryl methyl sites for hydroxylation is 1. The number of hydrogen-bond acceptors (Lipinski definition) is 5. The number of nitrogens with one attached hydrogen (secondary N) is 1. The monoisotopic (exact) mass is 356 g/mol. The molecule has 0 spiro atoms. The van der Waals surface area contributed by atoms with Crippen LogP contribution in [-0.4, -0.2) is 59.0 Å². The third kappa shape index (κ3) is 4.05. The lowest BCUT2D eigenvalue weighted by Gasteiger charge is -2.33. The second-order valence-electron chi connectivity index (χ2n) is 6.88. The molecule has 1 unspecified atom stereocenters. The first-order valence-electron chi connectivity index (χ1n) is 9.08. The Hall–Kier alpha value is -2.38. The molecule has 1 atom stereocenters. The Kier molecular flexibility index (Phi) is 4.90. The molecule has 7 nitrogen and oxygen atoms in total. The lowest BCUT2D eigenvalue weighted by atomic mass is 10.2. The Balaban J connectivity index is 1.37. The van der Waals surface area contributed by atoms with Crippen molar-refractivity contribution in [3.8, 4) is 11.5 Å². The zero-order valence-corrected chi connectivity index (χ0v) is 14.9. The van der Waals surface area contributed by atoms with Crippen LogP contribution in [0, 0.1) is 0 Å². The van der Waals surface area contributed by atoms with Crippen molar-refractivity contribution in [2.24, 2.45) is 7.05 Å². The number of rotatable bonds is 6. The van der Waals surface area contributed by atoms with E-state index in [0.29, 0.717) is 23.6 Å². The van der Waals surface area contributed by atoms with E-state index in [-0.39, 0.29) is 12.0 Å². The average molecular weight is 356 g/mol. The SMILES string of the molecule is Cn1cc(Oc2ccccc2C(=O)NCC2CN(C3CC3)CCO2)cn1. The minimum Gasteiger partial charge on any atom is -0.453 e. The van der Waals surface area contributed by atoms with Crippen LogP contribution in [0.25, 0.3) is 0 Å². The maximum atomic E-state index is 12.7. The molecule has 2 aliphatic rings. The molecule has 1 aromatic heterocycles. The van der Waals surface area contributed by atoms with Gasteiger partial charge in [0.05, 0.1) is 30.7 Å². The van der Waals surface area contributed by atoms with Crippen LogP contribution in [0.4, 0.5) is 0 Å². The smallest absolute Gasteiger partial charge is 0.255 e. The number of aromatic nitrogens is 2. The van der Waals surface area contributed by atoms with Gasteiger partial charge in [-0.15, -0.1) is 0 Å². The summed E-state index contributed by atoms with van der Waals surface area (Å²) < 4.78 is 13.3. The Bertz CT molecular complexity index is 772. The fraction of sp³-hybridized carbons (Fsp3) is 0.474. The number of ether oxygens (including phenoxy) is 2. The zero-order valence-electron chi connectivity index (χ0n) is 14.9. The van der Waals surface area contributed by atoms with Crippen molar-refractivity contribution in [2.75, 3.05) is 26.2 Å². The minimum absolute atomic E-state index is 0.0414. The van der Waals surface area contributed by atoms with Gasteiger partial charge >= 0.3 is 0 Å². The lowest BCUT2D eigenvalue weighted by molar-refractivity contribution is -0.0293. The van der Waals surface area contributed by atoms with Crippen molar-refractivity contribution in [2.45, 2.75) is 25.0 Å². The number of nitrogens with zero attached hydrogens (tertiary/aromatic N) is 3. The van der Waals surface area contributed by atoms with Gasteiger partial charge in [-0.05, 0) is 25.0 Å². The van der Waals surface area contributed by atoms with Gasteiger partial charge in [-0.25, -0.2) is 0 Å².